The molecule has 25 heavy (non-hydrogen) atoms. The third kappa shape index (κ3) is 3.56. The first kappa shape index (κ1) is 17.2. The molecule has 2 aromatic carbocycles. The lowest BCUT2D eigenvalue weighted by Gasteiger charge is -2.28. The van der Waals surface area contributed by atoms with Crippen LogP contribution >= 0.6 is 0 Å². The Balaban J connectivity index is 1.98. The number of ether oxygens (including phenoxy) is 1. The van der Waals surface area contributed by atoms with Gasteiger partial charge in [0, 0.05) is 12.6 Å². The van der Waals surface area contributed by atoms with E-state index in [-0.39, 0.29) is 11.9 Å². The van der Waals surface area contributed by atoms with Crippen LogP contribution in [0.4, 0.5) is 0 Å². The monoisotopic (exact) mass is 338 g/mol. The number of hydrogen-bond acceptors (Lipinski definition) is 4. The zero-order chi connectivity index (χ0) is 17.8. The van der Waals surface area contributed by atoms with Crippen LogP contribution < -0.4 is 5.73 Å². The van der Waals surface area contributed by atoms with E-state index in [1.807, 2.05) is 60.7 Å². The van der Waals surface area contributed by atoms with Gasteiger partial charge in [0.25, 0.3) is 0 Å². The molecular weight excluding hydrogens is 316 g/mol. The highest BCUT2D eigenvalue weighted by Gasteiger charge is 2.41. The van der Waals surface area contributed by atoms with E-state index in [1.54, 1.807) is 4.90 Å². The number of nitrogens with two attached hydrogens (primary N) is 1. The Labute approximate surface area is 147 Å². The Morgan fingerprint density at radius 1 is 1.04 bits per heavy atom. The molecule has 0 unspecified atom stereocenters. The third-order valence-corrected chi connectivity index (χ3v) is 4.60. The highest BCUT2D eigenvalue weighted by Crippen LogP contribution is 2.30. The highest BCUT2D eigenvalue weighted by atomic mass is 16.5. The second-order valence-corrected chi connectivity index (χ2v) is 6.28. The van der Waals surface area contributed by atoms with Crippen molar-refractivity contribution in [1.82, 2.24) is 4.90 Å². The van der Waals surface area contributed by atoms with Crippen LogP contribution in [0.1, 0.15) is 23.5 Å². The maximum absolute atomic E-state index is 13.4. The van der Waals surface area contributed by atoms with Crippen LogP contribution in [0.5, 0.6) is 0 Å². The van der Waals surface area contributed by atoms with E-state index in [9.17, 15) is 9.59 Å². The maximum atomic E-state index is 13.4. The van der Waals surface area contributed by atoms with E-state index >= 15 is 0 Å². The Bertz CT molecular complexity index is 694. The molecule has 1 aliphatic rings. The van der Waals surface area contributed by atoms with Gasteiger partial charge in [-0.25, -0.2) is 4.79 Å². The minimum Gasteiger partial charge on any atom is -0.467 e. The summed E-state index contributed by atoms with van der Waals surface area (Å²) in [6.07, 6.45) is 0.425. The van der Waals surface area contributed by atoms with Gasteiger partial charge in [-0.1, -0.05) is 60.7 Å². The van der Waals surface area contributed by atoms with E-state index in [2.05, 4.69) is 0 Å². The second-order valence-electron chi connectivity index (χ2n) is 6.28. The molecule has 0 bridgehead atoms. The molecule has 130 valence electrons. The first-order valence-electron chi connectivity index (χ1n) is 8.35. The van der Waals surface area contributed by atoms with Crippen molar-refractivity contribution in [2.45, 2.75) is 24.4 Å². The summed E-state index contributed by atoms with van der Waals surface area (Å²) in [6.45, 7) is 0.356. The van der Waals surface area contributed by atoms with Gasteiger partial charge in [0.15, 0.2) is 0 Å². The molecule has 5 heteroatoms. The van der Waals surface area contributed by atoms with Gasteiger partial charge in [-0.2, -0.15) is 0 Å². The van der Waals surface area contributed by atoms with Gasteiger partial charge in [-0.3, -0.25) is 4.79 Å². The van der Waals surface area contributed by atoms with Crippen molar-refractivity contribution < 1.29 is 14.3 Å². The zero-order valence-corrected chi connectivity index (χ0v) is 14.2. The Hall–Kier alpha value is -2.66. The molecule has 1 heterocycles. The van der Waals surface area contributed by atoms with E-state index in [0.29, 0.717) is 13.0 Å². The van der Waals surface area contributed by atoms with Crippen molar-refractivity contribution in [3.8, 4) is 0 Å². The van der Waals surface area contributed by atoms with Crippen molar-refractivity contribution in [3.63, 3.8) is 0 Å². The third-order valence-electron chi connectivity index (χ3n) is 4.60. The van der Waals surface area contributed by atoms with E-state index in [4.69, 9.17) is 10.5 Å². The largest absolute Gasteiger partial charge is 0.467 e. The van der Waals surface area contributed by atoms with Gasteiger partial charge < -0.3 is 15.4 Å². The normalized spacial score (nSPS) is 19.9. The SMILES string of the molecule is COC(=O)[C@@H]1C[C@@H](N)CN1C(=O)C(c1ccccc1)c1ccccc1. The number of likely N-dealkylation sites (tertiary alicyclic amines) is 1. The van der Waals surface area contributed by atoms with Crippen LogP contribution in [-0.4, -0.2) is 42.5 Å². The van der Waals surface area contributed by atoms with E-state index in [1.165, 1.54) is 7.11 Å². The Morgan fingerprint density at radius 3 is 2.04 bits per heavy atom. The lowest BCUT2D eigenvalue weighted by Crippen LogP contribution is -2.44. The molecule has 0 spiro atoms. The van der Waals surface area contributed by atoms with Crippen LogP contribution in [0.2, 0.25) is 0 Å². The molecule has 0 saturated carbocycles. The van der Waals surface area contributed by atoms with Gasteiger partial charge in [0.1, 0.15) is 6.04 Å². The fourth-order valence-corrected chi connectivity index (χ4v) is 3.41. The second kappa shape index (κ2) is 7.49. The summed E-state index contributed by atoms with van der Waals surface area (Å²) in [7, 11) is 1.33. The van der Waals surface area contributed by atoms with Gasteiger partial charge >= 0.3 is 5.97 Å². The van der Waals surface area contributed by atoms with Crippen molar-refractivity contribution in [2.24, 2.45) is 5.73 Å². The van der Waals surface area contributed by atoms with Crippen LogP contribution in [0, 0.1) is 0 Å². The minimum atomic E-state index is -0.623. The Morgan fingerprint density at radius 2 is 1.56 bits per heavy atom. The number of carbonyl (C=O) groups excluding carboxylic acids is 2. The molecule has 2 aromatic rings. The molecule has 5 nitrogen and oxygen atoms in total. The van der Waals surface area contributed by atoms with Gasteiger partial charge in [0.2, 0.25) is 5.91 Å². The summed E-state index contributed by atoms with van der Waals surface area (Å²) in [5.41, 5.74) is 7.80. The number of hydrogen-bond donors (Lipinski definition) is 1. The average Bonchev–Trinajstić information content (AvgIpc) is 3.05. The quantitative estimate of drug-likeness (QED) is 0.865. The number of rotatable bonds is 4. The number of carbonyl (C=O) groups is 2. The summed E-state index contributed by atoms with van der Waals surface area (Å²) in [4.78, 5) is 27.1. The summed E-state index contributed by atoms with van der Waals surface area (Å²) < 4.78 is 4.87. The highest BCUT2D eigenvalue weighted by molar-refractivity contribution is 5.91. The first-order valence-corrected chi connectivity index (χ1v) is 8.35. The van der Waals surface area contributed by atoms with Gasteiger partial charge in [-0.05, 0) is 17.5 Å². The number of esters is 1. The standard InChI is InChI=1S/C20H22N2O3/c1-25-20(24)17-12-16(21)13-22(17)19(23)18(14-8-4-2-5-9-14)15-10-6-3-7-11-15/h2-11,16-18H,12-13,21H2,1H3/t16-,17+/m1/s1. The van der Waals surface area contributed by atoms with Crippen LogP contribution in [0.25, 0.3) is 0 Å². The van der Waals surface area contributed by atoms with Crippen LogP contribution in [-0.2, 0) is 14.3 Å². The summed E-state index contributed by atoms with van der Waals surface area (Å²) >= 11 is 0. The van der Waals surface area contributed by atoms with Gasteiger partial charge in [0.05, 0.1) is 13.0 Å². The van der Waals surface area contributed by atoms with Gasteiger partial charge in [-0.15, -0.1) is 0 Å². The fourth-order valence-electron chi connectivity index (χ4n) is 3.41. The maximum Gasteiger partial charge on any atom is 0.328 e. The van der Waals surface area contributed by atoms with E-state index < -0.39 is 17.9 Å². The zero-order valence-electron chi connectivity index (χ0n) is 14.2. The first-order chi connectivity index (χ1) is 12.1. The molecule has 1 saturated heterocycles. The topological polar surface area (TPSA) is 72.6 Å². The molecule has 0 aromatic heterocycles. The Kier molecular flexibility index (Phi) is 5.14. The molecule has 1 amide bonds. The van der Waals surface area contributed by atoms with Crippen molar-refractivity contribution in [3.05, 3.63) is 71.8 Å². The average molecular weight is 338 g/mol. The fraction of sp³-hybridized carbons (Fsp3) is 0.300. The molecule has 1 fully saturated rings. The molecule has 1 aliphatic heterocycles. The van der Waals surface area contributed by atoms with Crippen molar-refractivity contribution >= 4 is 11.9 Å². The van der Waals surface area contributed by atoms with Crippen LogP contribution in [0.3, 0.4) is 0 Å². The molecular formula is C20H22N2O3. The molecule has 0 radical (unpaired) electrons. The molecule has 0 aliphatic carbocycles. The predicted molar refractivity (Wildman–Crippen MR) is 94.8 cm³/mol. The summed E-state index contributed by atoms with van der Waals surface area (Å²) in [5.74, 6) is -1.01. The smallest absolute Gasteiger partial charge is 0.328 e. The predicted octanol–water partition coefficient (Wildman–Crippen LogP) is 1.92. The van der Waals surface area contributed by atoms with Crippen molar-refractivity contribution in [2.75, 3.05) is 13.7 Å². The van der Waals surface area contributed by atoms with Crippen molar-refractivity contribution in [1.29, 1.82) is 0 Å². The molecule has 2 atom stereocenters. The number of benzene rings is 2. The van der Waals surface area contributed by atoms with Crippen LogP contribution in [0.15, 0.2) is 60.7 Å². The molecule has 3 rings (SSSR count). The van der Waals surface area contributed by atoms with E-state index in [0.717, 1.165) is 11.1 Å². The number of methoxy groups -OCH3 is 1. The number of nitrogens with zero attached hydrogens (tertiary/aromatic N) is 1. The lowest BCUT2D eigenvalue weighted by molar-refractivity contribution is -0.151. The molecule has 2 N–H and O–H groups in total. The number of amides is 1. The lowest BCUT2D eigenvalue weighted by atomic mass is 9.90. The summed E-state index contributed by atoms with van der Waals surface area (Å²) in [5, 5.41) is 0. The summed E-state index contributed by atoms with van der Waals surface area (Å²) in [6, 6.07) is 18.3. The minimum absolute atomic E-state index is 0.124.